The Morgan fingerprint density at radius 3 is 2.83 bits per heavy atom. The lowest BCUT2D eigenvalue weighted by Crippen LogP contribution is -2.47. The fourth-order valence-electron chi connectivity index (χ4n) is 1.80. The van der Waals surface area contributed by atoms with Crippen LogP contribution in [-0.4, -0.2) is 42.7 Å². The first-order valence-corrected chi connectivity index (χ1v) is 6.81. The number of halogens is 1. The highest BCUT2D eigenvalue weighted by Crippen LogP contribution is 2.25. The van der Waals surface area contributed by atoms with Crippen LogP contribution in [0, 0.1) is 5.82 Å². The van der Waals surface area contributed by atoms with Gasteiger partial charge in [-0.1, -0.05) is 0 Å². The molecule has 3 N–H and O–H groups in total. The van der Waals surface area contributed by atoms with E-state index in [1.807, 2.05) is 4.90 Å². The Hall–Kier alpha value is -1.27. The van der Waals surface area contributed by atoms with Gasteiger partial charge in [0, 0.05) is 36.8 Å². The molecule has 1 fully saturated rings. The Labute approximate surface area is 110 Å². The van der Waals surface area contributed by atoms with E-state index in [0.717, 1.165) is 31.1 Å². The highest BCUT2D eigenvalue weighted by atomic mass is 32.2. The summed E-state index contributed by atoms with van der Waals surface area (Å²) in [6.07, 6.45) is 0. The van der Waals surface area contributed by atoms with Gasteiger partial charge in [0.1, 0.15) is 5.82 Å². The van der Waals surface area contributed by atoms with Crippen molar-refractivity contribution in [1.29, 1.82) is 0 Å². The van der Waals surface area contributed by atoms with E-state index in [0.29, 0.717) is 11.4 Å². The first kappa shape index (κ1) is 13.2. The van der Waals surface area contributed by atoms with Gasteiger partial charge in [-0.05, 0) is 18.2 Å². The van der Waals surface area contributed by atoms with Crippen molar-refractivity contribution in [1.82, 2.24) is 10.2 Å². The summed E-state index contributed by atoms with van der Waals surface area (Å²) in [7, 11) is 0. The quantitative estimate of drug-likeness (QED) is 0.633. The lowest BCUT2D eigenvalue weighted by Gasteiger charge is -2.27. The maximum Gasteiger partial charge on any atom is 0.233 e. The smallest absolute Gasteiger partial charge is 0.233 e. The number of nitrogen functional groups attached to an aromatic ring is 1. The predicted octanol–water partition coefficient (Wildman–Crippen LogP) is 0.932. The molecule has 1 aromatic rings. The molecule has 1 saturated heterocycles. The summed E-state index contributed by atoms with van der Waals surface area (Å²) in [4.78, 5) is 14.5. The second-order valence-electron chi connectivity index (χ2n) is 4.10. The standard InChI is InChI=1S/C12H16FN3OS/c13-9-1-2-11(10(14)7-9)18-8-12(17)16-5-3-15-4-6-16/h1-2,7,15H,3-6,8,14H2. The maximum atomic E-state index is 12.9. The topological polar surface area (TPSA) is 58.4 Å². The van der Waals surface area contributed by atoms with Crippen LogP contribution in [-0.2, 0) is 4.79 Å². The Balaban J connectivity index is 1.88. The normalized spacial score (nSPS) is 15.7. The second-order valence-corrected chi connectivity index (χ2v) is 5.12. The highest BCUT2D eigenvalue weighted by Gasteiger charge is 2.16. The minimum Gasteiger partial charge on any atom is -0.398 e. The first-order valence-electron chi connectivity index (χ1n) is 5.83. The number of piperazine rings is 1. The van der Waals surface area contributed by atoms with Crippen molar-refractivity contribution in [3.05, 3.63) is 24.0 Å². The SMILES string of the molecule is Nc1cc(F)ccc1SCC(=O)N1CCNCC1. The molecule has 0 radical (unpaired) electrons. The van der Waals surface area contributed by atoms with Crippen LogP contribution < -0.4 is 11.1 Å². The van der Waals surface area contributed by atoms with Crippen molar-refractivity contribution < 1.29 is 9.18 Å². The zero-order chi connectivity index (χ0) is 13.0. The average molecular weight is 269 g/mol. The number of hydrogen-bond donors (Lipinski definition) is 2. The lowest BCUT2D eigenvalue weighted by molar-refractivity contribution is -0.128. The van der Waals surface area contributed by atoms with E-state index in [1.165, 1.54) is 23.9 Å². The molecule has 1 aliphatic rings. The molecule has 6 heteroatoms. The van der Waals surface area contributed by atoms with Crippen LogP contribution in [0.3, 0.4) is 0 Å². The number of nitrogens with zero attached hydrogens (tertiary/aromatic N) is 1. The molecular weight excluding hydrogens is 253 g/mol. The predicted molar refractivity (Wildman–Crippen MR) is 71.0 cm³/mol. The molecule has 0 bridgehead atoms. The number of amides is 1. The third kappa shape index (κ3) is 3.36. The van der Waals surface area contributed by atoms with Gasteiger partial charge in [0.15, 0.2) is 0 Å². The molecule has 4 nitrogen and oxygen atoms in total. The molecule has 0 aliphatic carbocycles. The molecule has 0 unspecified atom stereocenters. The Morgan fingerprint density at radius 1 is 1.44 bits per heavy atom. The van der Waals surface area contributed by atoms with E-state index in [4.69, 9.17) is 5.73 Å². The number of anilines is 1. The van der Waals surface area contributed by atoms with E-state index >= 15 is 0 Å². The highest BCUT2D eigenvalue weighted by molar-refractivity contribution is 8.00. The Bertz CT molecular complexity index is 435. The molecule has 0 saturated carbocycles. The van der Waals surface area contributed by atoms with Crippen LogP contribution in [0.1, 0.15) is 0 Å². The van der Waals surface area contributed by atoms with E-state index < -0.39 is 0 Å². The van der Waals surface area contributed by atoms with Gasteiger partial charge in [0.05, 0.1) is 5.75 Å². The molecule has 0 aromatic heterocycles. The van der Waals surface area contributed by atoms with Gasteiger partial charge in [0.2, 0.25) is 5.91 Å². The minimum atomic E-state index is -0.356. The van der Waals surface area contributed by atoms with E-state index in [-0.39, 0.29) is 11.7 Å². The number of rotatable bonds is 3. The molecule has 1 amide bonds. The van der Waals surface area contributed by atoms with Crippen LogP contribution in [0.15, 0.2) is 23.1 Å². The molecule has 0 atom stereocenters. The van der Waals surface area contributed by atoms with E-state index in [1.54, 1.807) is 6.07 Å². The van der Waals surface area contributed by atoms with Crippen molar-refractivity contribution in [2.75, 3.05) is 37.7 Å². The molecule has 1 aliphatic heterocycles. The number of carbonyl (C=O) groups is 1. The minimum absolute atomic E-state index is 0.102. The fraction of sp³-hybridized carbons (Fsp3) is 0.417. The largest absolute Gasteiger partial charge is 0.398 e. The lowest BCUT2D eigenvalue weighted by atomic mass is 10.3. The number of nitrogens with two attached hydrogens (primary N) is 1. The monoisotopic (exact) mass is 269 g/mol. The number of hydrogen-bond acceptors (Lipinski definition) is 4. The summed E-state index contributed by atoms with van der Waals surface area (Å²) in [6.45, 7) is 3.18. The summed E-state index contributed by atoms with van der Waals surface area (Å²) in [6, 6.07) is 4.24. The summed E-state index contributed by atoms with van der Waals surface area (Å²) in [5, 5.41) is 3.20. The number of nitrogens with one attached hydrogen (secondary N) is 1. The van der Waals surface area contributed by atoms with Gasteiger partial charge < -0.3 is 16.0 Å². The Morgan fingerprint density at radius 2 is 2.17 bits per heavy atom. The van der Waals surface area contributed by atoms with Gasteiger partial charge in [-0.2, -0.15) is 0 Å². The number of thioether (sulfide) groups is 1. The first-order chi connectivity index (χ1) is 8.66. The van der Waals surface area contributed by atoms with Crippen molar-refractivity contribution >= 4 is 23.4 Å². The number of benzene rings is 1. The number of carbonyl (C=O) groups excluding carboxylic acids is 1. The van der Waals surface area contributed by atoms with Crippen molar-refractivity contribution in [2.45, 2.75) is 4.90 Å². The van der Waals surface area contributed by atoms with Gasteiger partial charge in [-0.15, -0.1) is 11.8 Å². The summed E-state index contributed by atoms with van der Waals surface area (Å²) in [5.41, 5.74) is 6.07. The van der Waals surface area contributed by atoms with Gasteiger partial charge in [0.25, 0.3) is 0 Å². The molecule has 2 rings (SSSR count). The van der Waals surface area contributed by atoms with Gasteiger partial charge in [-0.25, -0.2) is 4.39 Å². The van der Waals surface area contributed by atoms with Crippen molar-refractivity contribution in [3.8, 4) is 0 Å². The van der Waals surface area contributed by atoms with Gasteiger partial charge in [-0.3, -0.25) is 4.79 Å². The van der Waals surface area contributed by atoms with Crippen LogP contribution in [0.2, 0.25) is 0 Å². The fourth-order valence-corrected chi connectivity index (χ4v) is 2.65. The van der Waals surface area contributed by atoms with Crippen LogP contribution in [0.5, 0.6) is 0 Å². The second kappa shape index (κ2) is 6.06. The van der Waals surface area contributed by atoms with Crippen molar-refractivity contribution in [2.24, 2.45) is 0 Å². The molecule has 0 spiro atoms. The van der Waals surface area contributed by atoms with Crippen LogP contribution >= 0.6 is 11.8 Å². The zero-order valence-electron chi connectivity index (χ0n) is 9.99. The molecule has 18 heavy (non-hydrogen) atoms. The molecular formula is C12H16FN3OS. The average Bonchev–Trinajstić information content (AvgIpc) is 2.38. The maximum absolute atomic E-state index is 12.9. The third-order valence-corrected chi connectivity index (χ3v) is 3.87. The van der Waals surface area contributed by atoms with E-state index in [2.05, 4.69) is 5.32 Å². The summed E-state index contributed by atoms with van der Waals surface area (Å²) < 4.78 is 12.9. The molecule has 98 valence electrons. The van der Waals surface area contributed by atoms with Gasteiger partial charge >= 0.3 is 0 Å². The molecule has 1 heterocycles. The Kier molecular flexibility index (Phi) is 4.43. The van der Waals surface area contributed by atoms with Crippen molar-refractivity contribution in [3.63, 3.8) is 0 Å². The van der Waals surface area contributed by atoms with Crippen LogP contribution in [0.25, 0.3) is 0 Å². The zero-order valence-corrected chi connectivity index (χ0v) is 10.8. The summed E-state index contributed by atoms with van der Waals surface area (Å²) in [5.74, 6) is 0.0889. The molecule has 1 aromatic carbocycles. The van der Waals surface area contributed by atoms with Crippen LogP contribution in [0.4, 0.5) is 10.1 Å². The third-order valence-electron chi connectivity index (χ3n) is 2.79. The summed E-state index contributed by atoms with van der Waals surface area (Å²) >= 11 is 1.35. The van der Waals surface area contributed by atoms with E-state index in [9.17, 15) is 9.18 Å².